The van der Waals surface area contributed by atoms with Gasteiger partial charge in [-0.3, -0.25) is 9.59 Å². The van der Waals surface area contributed by atoms with Crippen molar-refractivity contribution in [1.29, 1.82) is 0 Å². The maximum Gasteiger partial charge on any atom is 0.325 e. The van der Waals surface area contributed by atoms with Crippen LogP contribution in [0.1, 0.15) is 13.3 Å². The number of ether oxygens (including phenoxy) is 1. The second kappa shape index (κ2) is 7.48. The Morgan fingerprint density at radius 2 is 2.00 bits per heavy atom. The number of amides is 2. The zero-order chi connectivity index (χ0) is 13.4. The van der Waals surface area contributed by atoms with Crippen molar-refractivity contribution in [3.05, 3.63) is 0 Å². The Bertz CT molecular complexity index is 292. The molecular weight excluding hydrogens is 228 g/mol. The van der Waals surface area contributed by atoms with Crippen LogP contribution in [-0.4, -0.2) is 55.2 Å². The van der Waals surface area contributed by atoms with Crippen LogP contribution < -0.4 is 5.32 Å². The van der Waals surface area contributed by atoms with Crippen molar-refractivity contribution in [3.8, 4) is 0 Å². The van der Waals surface area contributed by atoms with Crippen molar-refractivity contribution >= 4 is 18.0 Å². The quantitative estimate of drug-likeness (QED) is 0.639. The second-order valence-electron chi connectivity index (χ2n) is 3.82. The summed E-state index contributed by atoms with van der Waals surface area (Å²) in [6, 6.07) is -0.437. The summed E-state index contributed by atoms with van der Waals surface area (Å²) < 4.78 is 4.41. The van der Waals surface area contributed by atoms with Gasteiger partial charge in [-0.25, -0.2) is 4.79 Å². The van der Waals surface area contributed by atoms with Crippen LogP contribution in [0.4, 0.5) is 4.79 Å². The van der Waals surface area contributed by atoms with E-state index < -0.39 is 18.0 Å². The summed E-state index contributed by atoms with van der Waals surface area (Å²) >= 11 is 0. The number of methoxy groups -OCH3 is 1. The third-order valence-corrected chi connectivity index (χ3v) is 2.07. The van der Waals surface area contributed by atoms with Gasteiger partial charge in [-0.15, -0.1) is 0 Å². The zero-order valence-corrected chi connectivity index (χ0v) is 10.2. The van der Waals surface area contributed by atoms with E-state index in [0.29, 0.717) is 0 Å². The van der Waals surface area contributed by atoms with Crippen LogP contribution >= 0.6 is 0 Å². The summed E-state index contributed by atoms with van der Waals surface area (Å²) in [5.41, 5.74) is 0. The molecule has 0 radical (unpaired) electrons. The number of nitrogens with zero attached hydrogens (tertiary/aromatic N) is 1. The number of aliphatic carboxylic acids is 1. The van der Waals surface area contributed by atoms with E-state index in [4.69, 9.17) is 5.11 Å². The fourth-order valence-electron chi connectivity index (χ4n) is 1.10. The fraction of sp³-hybridized carbons (Fsp3) is 0.700. The highest BCUT2D eigenvalue weighted by molar-refractivity contribution is 5.80. The molecule has 0 rings (SSSR count). The maximum atomic E-state index is 11.4. The van der Waals surface area contributed by atoms with E-state index in [9.17, 15) is 14.4 Å². The van der Waals surface area contributed by atoms with Gasteiger partial charge in [0.05, 0.1) is 7.11 Å². The van der Waals surface area contributed by atoms with Crippen molar-refractivity contribution in [3.63, 3.8) is 0 Å². The molecule has 0 aliphatic rings. The summed E-state index contributed by atoms with van der Waals surface area (Å²) in [4.78, 5) is 33.9. The van der Waals surface area contributed by atoms with Gasteiger partial charge in [-0.05, 0) is 5.92 Å². The summed E-state index contributed by atoms with van der Waals surface area (Å²) in [5.74, 6) is -1.58. The fourth-order valence-corrected chi connectivity index (χ4v) is 1.10. The van der Waals surface area contributed by atoms with Gasteiger partial charge >= 0.3 is 18.0 Å². The van der Waals surface area contributed by atoms with Gasteiger partial charge in [0.2, 0.25) is 0 Å². The molecule has 7 heteroatoms. The predicted octanol–water partition coefficient (Wildman–Crippen LogP) is -0.0884. The van der Waals surface area contributed by atoms with E-state index in [2.05, 4.69) is 10.1 Å². The predicted molar refractivity (Wildman–Crippen MR) is 59.5 cm³/mol. The lowest BCUT2D eigenvalue weighted by Crippen LogP contribution is -2.42. The van der Waals surface area contributed by atoms with Crippen LogP contribution in [0.2, 0.25) is 0 Å². The molecule has 0 saturated heterocycles. The van der Waals surface area contributed by atoms with Gasteiger partial charge in [0.25, 0.3) is 0 Å². The lowest BCUT2D eigenvalue weighted by Gasteiger charge is -2.18. The van der Waals surface area contributed by atoms with Gasteiger partial charge in [-0.1, -0.05) is 6.92 Å². The number of carbonyl (C=O) groups is 3. The van der Waals surface area contributed by atoms with Crippen LogP contribution in [0.25, 0.3) is 0 Å². The van der Waals surface area contributed by atoms with Crippen molar-refractivity contribution in [2.45, 2.75) is 13.3 Å². The van der Waals surface area contributed by atoms with Gasteiger partial charge in [-0.2, -0.15) is 0 Å². The summed E-state index contributed by atoms with van der Waals surface area (Å²) in [5, 5.41) is 11.1. The Labute approximate surface area is 99.7 Å². The number of hydrogen-bond donors (Lipinski definition) is 2. The molecule has 0 aliphatic carbocycles. The highest BCUT2D eigenvalue weighted by Crippen LogP contribution is 1.99. The van der Waals surface area contributed by atoms with Crippen LogP contribution in [-0.2, 0) is 14.3 Å². The van der Waals surface area contributed by atoms with E-state index in [1.54, 1.807) is 6.92 Å². The first-order valence-electron chi connectivity index (χ1n) is 5.14. The molecule has 98 valence electrons. The van der Waals surface area contributed by atoms with Gasteiger partial charge < -0.3 is 20.1 Å². The lowest BCUT2D eigenvalue weighted by atomic mass is 10.1. The molecule has 2 N–H and O–H groups in total. The molecule has 0 heterocycles. The highest BCUT2D eigenvalue weighted by atomic mass is 16.5. The molecule has 1 atom stereocenters. The SMILES string of the molecule is COC(=O)CN(C)C(=O)NCC(C)CC(=O)O. The minimum atomic E-state index is -0.908. The lowest BCUT2D eigenvalue weighted by molar-refractivity contribution is -0.141. The third-order valence-electron chi connectivity index (χ3n) is 2.07. The molecule has 0 aromatic carbocycles. The molecule has 0 aromatic heterocycles. The number of urea groups is 1. The Hall–Kier alpha value is -1.79. The Kier molecular flexibility index (Phi) is 6.69. The Balaban J connectivity index is 3.92. The third kappa shape index (κ3) is 7.15. The number of hydrogen-bond acceptors (Lipinski definition) is 4. The van der Waals surface area contributed by atoms with Crippen LogP contribution in [0.15, 0.2) is 0 Å². The zero-order valence-electron chi connectivity index (χ0n) is 10.2. The monoisotopic (exact) mass is 246 g/mol. The molecule has 17 heavy (non-hydrogen) atoms. The molecule has 2 amide bonds. The molecule has 0 bridgehead atoms. The average molecular weight is 246 g/mol. The molecule has 0 spiro atoms. The highest BCUT2D eigenvalue weighted by Gasteiger charge is 2.14. The molecular formula is C10H18N2O5. The minimum Gasteiger partial charge on any atom is -0.481 e. The number of rotatable bonds is 6. The largest absolute Gasteiger partial charge is 0.481 e. The van der Waals surface area contributed by atoms with E-state index in [1.165, 1.54) is 19.1 Å². The van der Waals surface area contributed by atoms with Gasteiger partial charge in [0.15, 0.2) is 0 Å². The first-order chi connectivity index (χ1) is 7.86. The second-order valence-corrected chi connectivity index (χ2v) is 3.82. The number of carbonyl (C=O) groups excluding carboxylic acids is 2. The average Bonchev–Trinajstić information content (AvgIpc) is 2.24. The normalized spacial score (nSPS) is 11.5. The van der Waals surface area contributed by atoms with Gasteiger partial charge in [0, 0.05) is 20.0 Å². The van der Waals surface area contributed by atoms with Gasteiger partial charge in [0.1, 0.15) is 6.54 Å². The number of carboxylic acid groups (broad SMARTS) is 1. The van der Waals surface area contributed by atoms with Crippen LogP contribution in [0.5, 0.6) is 0 Å². The molecule has 0 fully saturated rings. The van der Waals surface area contributed by atoms with E-state index in [0.717, 1.165) is 0 Å². The van der Waals surface area contributed by atoms with Crippen LogP contribution in [0, 0.1) is 5.92 Å². The van der Waals surface area contributed by atoms with E-state index in [-0.39, 0.29) is 25.4 Å². The van der Waals surface area contributed by atoms with Crippen LogP contribution in [0.3, 0.4) is 0 Å². The Morgan fingerprint density at radius 1 is 1.41 bits per heavy atom. The van der Waals surface area contributed by atoms with Crippen molar-refractivity contribution in [2.75, 3.05) is 27.2 Å². The summed E-state index contributed by atoms with van der Waals surface area (Å²) in [6.07, 6.45) is -0.0129. The molecule has 0 saturated carbocycles. The summed E-state index contributed by atoms with van der Waals surface area (Å²) in [7, 11) is 2.69. The van der Waals surface area contributed by atoms with Crippen molar-refractivity contribution < 1.29 is 24.2 Å². The molecule has 0 aliphatic heterocycles. The minimum absolute atomic E-state index is 0.0129. The number of nitrogens with one attached hydrogen (secondary N) is 1. The van der Waals surface area contributed by atoms with E-state index in [1.807, 2.05) is 0 Å². The van der Waals surface area contributed by atoms with Crippen molar-refractivity contribution in [2.24, 2.45) is 5.92 Å². The van der Waals surface area contributed by atoms with Crippen molar-refractivity contribution in [1.82, 2.24) is 10.2 Å². The number of carboxylic acids is 1. The number of esters is 1. The maximum absolute atomic E-state index is 11.4. The smallest absolute Gasteiger partial charge is 0.325 e. The topological polar surface area (TPSA) is 95.9 Å². The first-order valence-corrected chi connectivity index (χ1v) is 5.14. The molecule has 0 aromatic rings. The summed E-state index contributed by atoms with van der Waals surface area (Å²) in [6.45, 7) is 1.82. The Morgan fingerprint density at radius 3 is 2.47 bits per heavy atom. The molecule has 1 unspecified atom stereocenters. The van der Waals surface area contributed by atoms with E-state index >= 15 is 0 Å². The first kappa shape index (κ1) is 15.2. The number of likely N-dealkylation sites (N-methyl/N-ethyl adjacent to an activating group) is 1. The standard InChI is InChI=1S/C10H18N2O5/c1-7(4-8(13)14)5-11-10(16)12(2)6-9(15)17-3/h7H,4-6H2,1-3H3,(H,11,16)(H,13,14). The molecule has 7 nitrogen and oxygen atoms in total.